The summed E-state index contributed by atoms with van der Waals surface area (Å²) in [6.07, 6.45) is -3.96. The Hall–Kier alpha value is -6.58. The van der Waals surface area contributed by atoms with Gasteiger partial charge in [0.25, 0.3) is 5.91 Å². The van der Waals surface area contributed by atoms with Crippen LogP contribution in [0.1, 0.15) is 87.6 Å². The molecule has 7 amide bonds. The Morgan fingerprint density at radius 1 is 0.705 bits per heavy atom. The number of aliphatic hydroxyl groups excluding tert-OH is 6. The molecule has 1 saturated carbocycles. The number of piperazine rings is 1. The molecule has 16 N–H and O–H groups in total. The fourth-order valence-electron chi connectivity index (χ4n) is 12.8. The molecule has 5 fully saturated rings. The molecule has 3 aromatic carbocycles. The van der Waals surface area contributed by atoms with Crippen molar-refractivity contribution in [2.24, 2.45) is 17.4 Å². The second-order valence-electron chi connectivity index (χ2n) is 24.7. The van der Waals surface area contributed by atoms with Gasteiger partial charge in [-0.25, -0.2) is 0 Å². The van der Waals surface area contributed by atoms with E-state index in [9.17, 15) is 69.3 Å². The molecule has 0 spiro atoms. The van der Waals surface area contributed by atoms with E-state index in [1.54, 1.807) is 19.1 Å². The average molecular weight is 1410 g/mol. The summed E-state index contributed by atoms with van der Waals surface area (Å²) in [5.41, 5.74) is 14.4. The molecule has 1 aliphatic carbocycles. The number of carbonyl (C=O) groups is 7. The van der Waals surface area contributed by atoms with Gasteiger partial charge in [-0.15, -0.1) is 47.4 Å². The van der Waals surface area contributed by atoms with Gasteiger partial charge in [-0.05, 0) is 86.8 Å². The van der Waals surface area contributed by atoms with Crippen LogP contribution in [-0.2, 0) is 35.2 Å². The third kappa shape index (κ3) is 19.2. The highest BCUT2D eigenvalue weighted by Gasteiger charge is 2.50. The number of phenolic OH excluding ortho intramolecular Hbond substituents is 1. The van der Waals surface area contributed by atoms with Crippen molar-refractivity contribution >= 4 is 95.6 Å². The van der Waals surface area contributed by atoms with Crippen molar-refractivity contribution in [3.8, 4) is 32.6 Å². The number of aliphatic hydroxyl groups is 6. The minimum absolute atomic E-state index is 0. The fraction of sp³-hybridized carbons (Fsp3) is 0.571. The van der Waals surface area contributed by atoms with Crippen molar-refractivity contribution < 1.29 is 74.0 Å². The number of halogens is 3. The number of phenols is 1. The lowest BCUT2D eigenvalue weighted by molar-refractivity contribution is -0.147. The van der Waals surface area contributed by atoms with E-state index in [0.717, 1.165) is 54.2 Å². The monoisotopic (exact) mass is 1410 g/mol. The Morgan fingerprint density at radius 2 is 1.32 bits per heavy atom. The van der Waals surface area contributed by atoms with Gasteiger partial charge < -0.3 is 93.2 Å². The van der Waals surface area contributed by atoms with Crippen molar-refractivity contribution in [1.29, 1.82) is 0 Å². The number of rotatable bonds is 16. The van der Waals surface area contributed by atoms with E-state index >= 15 is 0 Å². The van der Waals surface area contributed by atoms with Gasteiger partial charge >= 0.3 is 0 Å². The number of benzene rings is 3. The van der Waals surface area contributed by atoms with Gasteiger partial charge in [0.2, 0.25) is 35.4 Å². The highest BCUT2D eigenvalue weighted by molar-refractivity contribution is 7.17. The lowest BCUT2D eigenvalue weighted by Gasteiger charge is -2.40. The predicted octanol–water partition coefficient (Wildman–Crippen LogP) is -0.677. The molecule has 13 atom stereocenters. The number of amides is 7. The van der Waals surface area contributed by atoms with E-state index in [2.05, 4.69) is 58.7 Å². The van der Waals surface area contributed by atoms with Crippen molar-refractivity contribution in [3.05, 3.63) is 77.9 Å². The van der Waals surface area contributed by atoms with Crippen LogP contribution in [0.15, 0.2) is 66.7 Å². The lowest BCUT2D eigenvalue weighted by atomic mass is 9.98. The summed E-state index contributed by atoms with van der Waals surface area (Å²) in [5.74, 6) is -8.60. The Bertz CT molecular complexity index is 3220. The van der Waals surface area contributed by atoms with Crippen molar-refractivity contribution in [2.45, 2.75) is 157 Å². The van der Waals surface area contributed by atoms with E-state index in [4.69, 9.17) is 16.2 Å². The maximum Gasteiger partial charge on any atom is 0.251 e. The van der Waals surface area contributed by atoms with Gasteiger partial charge in [0, 0.05) is 106 Å². The second kappa shape index (κ2) is 35.6. The molecule has 5 aliphatic rings. The summed E-state index contributed by atoms with van der Waals surface area (Å²) in [4.78, 5) is 108. The zero-order valence-corrected chi connectivity index (χ0v) is 56.2. The topological polar surface area (TPSA) is 421 Å². The molecule has 1 aromatic heterocycles. The lowest BCUT2D eigenvalue weighted by Crippen LogP contribution is -2.64. The number of nitrogens with one attached hydrogen (secondary N) is 5. The number of carbonyl (C=O) groups excluding carboxylic acids is 7. The normalized spacial score (nSPS) is 26.4. The molecule has 4 saturated heterocycles. The highest BCUT2D eigenvalue weighted by Crippen LogP contribution is 2.34. The SMILES string of the molecule is C[C@@H](O)[C@@H]1NC(=O)[C@@H](NC(=O)c2ccc(-c3nnc(-c4ccc(N5CCN(C6CCCCCC6)CC5)cc4)s3)cc2)C[C@@H](O)CNC(=O)[C@@H]2[C@@H](O)[C@@H](C)CN2C(=O)[C@H]([C@H](O)CCN)NC(=O)[C@H]([C@H](O)Cc2ccc(O)c(OCCN)c2)NC(=O)[C@@H]2C[C@@H](O)CN2C1=O.Cl.Cl.Cl. The van der Waals surface area contributed by atoms with E-state index < -0.39 is 152 Å². The molecule has 32 heteroatoms. The van der Waals surface area contributed by atoms with Crippen molar-refractivity contribution in [2.75, 3.05) is 70.4 Å². The number of anilines is 1. The fourth-order valence-corrected chi connectivity index (χ4v) is 13.7. The first kappa shape index (κ1) is 77.4. The quantitative estimate of drug-likeness (QED) is 0.0618. The number of nitrogens with zero attached hydrogens (tertiary/aromatic N) is 6. The van der Waals surface area contributed by atoms with Crippen molar-refractivity contribution in [1.82, 2.24) is 51.5 Å². The molecule has 95 heavy (non-hydrogen) atoms. The van der Waals surface area contributed by atoms with E-state index in [1.807, 2.05) is 12.1 Å². The number of β-amino-alcohol motifs (C(OH)–C–C–N with tert-alkyl or cyclic N) is 1. The van der Waals surface area contributed by atoms with Crippen LogP contribution in [0.3, 0.4) is 0 Å². The van der Waals surface area contributed by atoms with Gasteiger partial charge in [0.05, 0.1) is 36.6 Å². The summed E-state index contributed by atoms with van der Waals surface area (Å²) in [6.45, 7) is 5.11. The average Bonchev–Trinajstić information content (AvgIpc) is 1.72. The summed E-state index contributed by atoms with van der Waals surface area (Å²) >= 11 is 1.36. The Kier molecular flexibility index (Phi) is 29.0. The third-order valence-electron chi connectivity index (χ3n) is 18.0. The predicted molar refractivity (Wildman–Crippen MR) is 359 cm³/mol. The highest BCUT2D eigenvalue weighted by atomic mass is 35.5. The molecular weight excluding hydrogens is 1320 g/mol. The number of ether oxygens (including phenoxy) is 1. The molecule has 0 radical (unpaired) electrons. The number of hydrogen-bond acceptors (Lipinski definition) is 22. The zero-order chi connectivity index (χ0) is 65.9. The smallest absolute Gasteiger partial charge is 0.251 e. The number of nitrogens with two attached hydrogens (primary N) is 2. The summed E-state index contributed by atoms with van der Waals surface area (Å²) < 4.78 is 5.52. The van der Waals surface area contributed by atoms with Crippen LogP contribution in [0, 0.1) is 5.92 Å². The summed E-state index contributed by atoms with van der Waals surface area (Å²) in [7, 11) is 0. The number of aromatic nitrogens is 2. The minimum Gasteiger partial charge on any atom is -0.504 e. The van der Waals surface area contributed by atoms with Gasteiger partial charge in [-0.3, -0.25) is 38.5 Å². The summed E-state index contributed by atoms with van der Waals surface area (Å²) in [6, 6.07) is 8.29. The van der Waals surface area contributed by atoms with Gasteiger partial charge in [-0.2, -0.15) is 0 Å². The first-order valence-electron chi connectivity index (χ1n) is 31.7. The molecule has 0 unspecified atom stereocenters. The maximum absolute atomic E-state index is 14.7. The molecule has 0 bridgehead atoms. The molecule has 4 aliphatic heterocycles. The summed E-state index contributed by atoms with van der Waals surface area (Å²) in [5, 5.41) is 102. The van der Waals surface area contributed by atoms with E-state index in [-0.39, 0.29) is 92.5 Å². The number of hydrogen-bond donors (Lipinski definition) is 14. The van der Waals surface area contributed by atoms with Gasteiger partial charge in [0.15, 0.2) is 11.5 Å². The number of fused-ring (bicyclic) bond motifs is 2. The number of aromatic hydroxyl groups is 1. The zero-order valence-electron chi connectivity index (χ0n) is 52.9. The largest absolute Gasteiger partial charge is 0.504 e. The Morgan fingerprint density at radius 3 is 1.94 bits per heavy atom. The molecule has 524 valence electrons. The Balaban J connectivity index is 0.00000476. The maximum atomic E-state index is 14.7. The van der Waals surface area contributed by atoms with Crippen LogP contribution >= 0.6 is 48.6 Å². The van der Waals surface area contributed by atoms with Crippen LogP contribution in [0.25, 0.3) is 21.1 Å². The van der Waals surface area contributed by atoms with Gasteiger partial charge in [-0.1, -0.05) is 62.1 Å². The molecule has 5 heterocycles. The van der Waals surface area contributed by atoms with Crippen LogP contribution in [0.2, 0.25) is 0 Å². The van der Waals surface area contributed by atoms with Crippen LogP contribution < -0.4 is 47.7 Å². The molecular formula is C63H90Cl3N13O15S. The molecule has 28 nitrogen and oxygen atoms in total. The third-order valence-corrected chi connectivity index (χ3v) is 19.0. The minimum atomic E-state index is -2.04. The second-order valence-corrected chi connectivity index (χ2v) is 25.7. The first-order valence-corrected chi connectivity index (χ1v) is 32.5. The first-order chi connectivity index (χ1) is 44.1. The van der Waals surface area contributed by atoms with Crippen LogP contribution in [-0.4, -0.2) is 246 Å². The van der Waals surface area contributed by atoms with E-state index in [1.165, 1.54) is 80.2 Å². The Labute approximate surface area is 573 Å². The van der Waals surface area contributed by atoms with E-state index in [0.29, 0.717) is 21.6 Å². The van der Waals surface area contributed by atoms with Crippen LogP contribution in [0.4, 0.5) is 5.69 Å². The van der Waals surface area contributed by atoms with Crippen molar-refractivity contribution in [3.63, 3.8) is 0 Å². The molecule has 4 aromatic rings. The standard InChI is InChI=1S/C63H87N13O15S.3ClH/c1-34-32-76-53(54(34)83)59(88)66-31-42(78)29-44(67-55(84)37-10-12-38(13-11-37)60-71-72-61(92-60)39-14-16-41(17-15-39)74-24-22-73(23-25-74)40-7-5-3-4-6-8-40)56(85)68-50(35(2)77)62(89)75-33-43(79)30-45(75)57(86)69-51(58(87)70-52(63(76)90)47(81)19-20-64)48(82)27-36-9-18-46(80)49(28-36)91-26-21-65;;;/h9-18,28,34-35,40,42-45,47-48,50-54,77-83H,3-8,19-27,29-33,64-65H2,1-2H3,(H,66,88)(H,67,84)(H,68,85)(H,69,86)(H,70,87);3*1H/t34-,35+,42+,43+,44-,45-,47+,48+,50-,51-,52-,53-,54-;;;/m0.../s1. The van der Waals surface area contributed by atoms with Crippen LogP contribution in [0.5, 0.6) is 11.5 Å². The molecule has 9 rings (SSSR count). The van der Waals surface area contributed by atoms with Gasteiger partial charge in [0.1, 0.15) is 52.9 Å².